The second-order valence-electron chi connectivity index (χ2n) is 7.18. The Morgan fingerprint density at radius 3 is 2.65 bits per heavy atom. The van der Waals surface area contributed by atoms with Crippen molar-refractivity contribution in [3.05, 3.63) is 0 Å². The fourth-order valence-electron chi connectivity index (χ4n) is 4.34. The molecule has 3 aliphatic heterocycles. The van der Waals surface area contributed by atoms with Crippen molar-refractivity contribution >= 4 is 0 Å². The maximum atomic E-state index is 6.23. The molecule has 3 fully saturated rings. The summed E-state index contributed by atoms with van der Waals surface area (Å²) in [6.07, 6.45) is 4.00. The van der Waals surface area contributed by atoms with Crippen LogP contribution < -0.4 is 5.73 Å². The van der Waals surface area contributed by atoms with E-state index in [1.807, 2.05) is 0 Å². The van der Waals surface area contributed by atoms with Crippen molar-refractivity contribution in [2.24, 2.45) is 17.1 Å². The summed E-state index contributed by atoms with van der Waals surface area (Å²) in [7, 11) is 0. The highest BCUT2D eigenvalue weighted by molar-refractivity contribution is 5.07. The molecule has 0 aromatic carbocycles. The summed E-state index contributed by atoms with van der Waals surface area (Å²) in [5.74, 6) is 0.829. The normalized spacial score (nSPS) is 45.4. The van der Waals surface area contributed by atoms with Crippen molar-refractivity contribution in [1.29, 1.82) is 0 Å². The van der Waals surface area contributed by atoms with Gasteiger partial charge in [0.25, 0.3) is 0 Å². The smallest absolute Gasteiger partial charge is 0.0384 e. The Balaban J connectivity index is 1.82. The van der Waals surface area contributed by atoms with Gasteiger partial charge in [0.15, 0.2) is 0 Å². The Morgan fingerprint density at radius 2 is 2.00 bits per heavy atom. The van der Waals surface area contributed by atoms with Gasteiger partial charge in [0.2, 0.25) is 0 Å². The Labute approximate surface area is 105 Å². The average molecular weight is 237 g/mol. The van der Waals surface area contributed by atoms with Crippen molar-refractivity contribution < 1.29 is 0 Å². The van der Waals surface area contributed by atoms with Crippen LogP contribution in [0.2, 0.25) is 0 Å². The zero-order chi connectivity index (χ0) is 12.1. The molecule has 0 aromatic rings. The monoisotopic (exact) mass is 237 g/mol. The molecule has 0 aromatic heterocycles. The highest BCUT2D eigenvalue weighted by Crippen LogP contribution is 2.43. The molecule has 17 heavy (non-hydrogen) atoms. The zero-order valence-electron chi connectivity index (χ0n) is 11.4. The third kappa shape index (κ3) is 1.83. The first kappa shape index (κ1) is 11.9. The topological polar surface area (TPSA) is 32.5 Å². The lowest BCUT2D eigenvalue weighted by atomic mass is 9.77. The quantitative estimate of drug-likeness (QED) is 0.782. The first-order valence-corrected chi connectivity index (χ1v) is 7.23. The van der Waals surface area contributed by atoms with Gasteiger partial charge in [-0.25, -0.2) is 0 Å². The second kappa shape index (κ2) is 3.94. The maximum absolute atomic E-state index is 6.23. The molecule has 98 valence electrons. The van der Waals surface area contributed by atoms with Crippen LogP contribution in [0.5, 0.6) is 0 Å². The lowest BCUT2D eigenvalue weighted by molar-refractivity contribution is 0.0186. The van der Waals surface area contributed by atoms with Crippen LogP contribution >= 0.6 is 0 Å². The summed E-state index contributed by atoms with van der Waals surface area (Å²) in [6, 6.07) is 0. The number of hydrogen-bond acceptors (Lipinski definition) is 3. The largest absolute Gasteiger partial charge is 0.329 e. The van der Waals surface area contributed by atoms with E-state index in [2.05, 4.69) is 23.6 Å². The lowest BCUT2D eigenvalue weighted by Gasteiger charge is -2.49. The third-order valence-electron chi connectivity index (χ3n) is 5.55. The van der Waals surface area contributed by atoms with Gasteiger partial charge in [0, 0.05) is 25.2 Å². The van der Waals surface area contributed by atoms with Crippen molar-refractivity contribution in [2.45, 2.75) is 38.6 Å². The molecule has 0 radical (unpaired) electrons. The van der Waals surface area contributed by atoms with E-state index in [0.29, 0.717) is 11.0 Å². The molecule has 0 amide bonds. The van der Waals surface area contributed by atoms with Gasteiger partial charge in [-0.2, -0.15) is 0 Å². The van der Waals surface area contributed by atoms with E-state index in [9.17, 15) is 0 Å². The van der Waals surface area contributed by atoms with E-state index >= 15 is 0 Å². The lowest BCUT2D eigenvalue weighted by Crippen LogP contribution is -2.61. The average Bonchev–Trinajstić information content (AvgIpc) is 2.86. The first-order valence-electron chi connectivity index (χ1n) is 7.23. The Kier molecular flexibility index (Phi) is 2.77. The van der Waals surface area contributed by atoms with Gasteiger partial charge in [0.1, 0.15) is 0 Å². The van der Waals surface area contributed by atoms with Crippen LogP contribution in [0.15, 0.2) is 0 Å². The minimum atomic E-state index is 0.334. The Morgan fingerprint density at radius 1 is 1.18 bits per heavy atom. The SMILES string of the molecule is CC1(C)CCN(C2(CN)CCN3CCC2C3)C1. The van der Waals surface area contributed by atoms with Crippen LogP contribution in [0.4, 0.5) is 0 Å². The molecular weight excluding hydrogens is 210 g/mol. The molecule has 0 aliphatic carbocycles. The van der Waals surface area contributed by atoms with Crippen LogP contribution in [0.1, 0.15) is 33.1 Å². The number of nitrogens with zero attached hydrogens (tertiary/aromatic N) is 2. The second-order valence-corrected chi connectivity index (χ2v) is 7.18. The molecule has 3 unspecified atom stereocenters. The third-order valence-corrected chi connectivity index (χ3v) is 5.55. The number of fused-ring (bicyclic) bond motifs is 2. The van der Waals surface area contributed by atoms with Gasteiger partial charge in [-0.3, -0.25) is 4.90 Å². The minimum absolute atomic E-state index is 0.334. The van der Waals surface area contributed by atoms with Crippen molar-refractivity contribution in [1.82, 2.24) is 9.80 Å². The molecule has 3 heterocycles. The van der Waals surface area contributed by atoms with Gasteiger partial charge in [-0.1, -0.05) is 13.8 Å². The van der Waals surface area contributed by atoms with Crippen LogP contribution in [0.25, 0.3) is 0 Å². The standard InChI is InChI=1S/C14H27N3/c1-13(2)4-8-17(11-13)14(10-15)5-7-16-6-3-12(14)9-16/h12H,3-11,15H2,1-2H3. The molecule has 3 atom stereocenters. The van der Waals surface area contributed by atoms with Gasteiger partial charge in [-0.05, 0) is 50.2 Å². The minimum Gasteiger partial charge on any atom is -0.329 e. The zero-order valence-corrected chi connectivity index (χ0v) is 11.4. The molecule has 0 saturated carbocycles. The van der Waals surface area contributed by atoms with Gasteiger partial charge >= 0.3 is 0 Å². The maximum Gasteiger partial charge on any atom is 0.0384 e. The number of likely N-dealkylation sites (tertiary alicyclic amines) is 1. The van der Waals surface area contributed by atoms with Crippen LogP contribution in [-0.2, 0) is 0 Å². The molecular formula is C14H27N3. The van der Waals surface area contributed by atoms with E-state index < -0.39 is 0 Å². The Hall–Kier alpha value is -0.120. The first-order chi connectivity index (χ1) is 8.06. The summed E-state index contributed by atoms with van der Waals surface area (Å²) < 4.78 is 0. The summed E-state index contributed by atoms with van der Waals surface area (Å²) in [6.45, 7) is 12.1. The predicted octanol–water partition coefficient (Wildman–Crippen LogP) is 1.14. The van der Waals surface area contributed by atoms with Crippen LogP contribution in [0.3, 0.4) is 0 Å². The fraction of sp³-hybridized carbons (Fsp3) is 1.00. The van der Waals surface area contributed by atoms with Crippen LogP contribution in [-0.4, -0.2) is 54.6 Å². The number of piperidine rings is 1. The molecule has 2 N–H and O–H groups in total. The summed E-state index contributed by atoms with van der Waals surface area (Å²) >= 11 is 0. The molecule has 3 heteroatoms. The van der Waals surface area contributed by atoms with Crippen LogP contribution in [0, 0.1) is 11.3 Å². The van der Waals surface area contributed by atoms with E-state index in [1.165, 1.54) is 52.0 Å². The van der Waals surface area contributed by atoms with Crippen molar-refractivity contribution in [3.8, 4) is 0 Å². The van der Waals surface area contributed by atoms with E-state index in [0.717, 1.165) is 12.5 Å². The summed E-state index contributed by atoms with van der Waals surface area (Å²) in [5.41, 5.74) is 7.06. The molecule has 3 saturated heterocycles. The van der Waals surface area contributed by atoms with Crippen molar-refractivity contribution in [2.75, 3.05) is 39.3 Å². The van der Waals surface area contributed by atoms with Gasteiger partial charge < -0.3 is 10.6 Å². The molecule has 3 nitrogen and oxygen atoms in total. The molecule has 0 spiro atoms. The number of nitrogens with two attached hydrogens (primary N) is 1. The van der Waals surface area contributed by atoms with E-state index in [-0.39, 0.29) is 0 Å². The number of hydrogen-bond donors (Lipinski definition) is 1. The summed E-state index contributed by atoms with van der Waals surface area (Å²) in [4.78, 5) is 5.38. The van der Waals surface area contributed by atoms with Gasteiger partial charge in [-0.15, -0.1) is 0 Å². The molecule has 2 bridgehead atoms. The highest BCUT2D eigenvalue weighted by Gasteiger charge is 2.51. The van der Waals surface area contributed by atoms with E-state index in [1.54, 1.807) is 0 Å². The molecule has 3 rings (SSSR count). The highest BCUT2D eigenvalue weighted by atomic mass is 15.3. The predicted molar refractivity (Wildman–Crippen MR) is 70.9 cm³/mol. The fourth-order valence-corrected chi connectivity index (χ4v) is 4.34. The van der Waals surface area contributed by atoms with E-state index in [4.69, 9.17) is 5.73 Å². The number of rotatable bonds is 2. The molecule has 3 aliphatic rings. The van der Waals surface area contributed by atoms with Gasteiger partial charge in [0.05, 0.1) is 0 Å². The Bertz CT molecular complexity index is 302. The summed E-state index contributed by atoms with van der Waals surface area (Å²) in [5, 5.41) is 0. The van der Waals surface area contributed by atoms with Crippen molar-refractivity contribution in [3.63, 3.8) is 0 Å².